The summed E-state index contributed by atoms with van der Waals surface area (Å²) in [4.78, 5) is 15.2. The zero-order valence-corrected chi connectivity index (χ0v) is 23.0. The Kier molecular flexibility index (Phi) is 10.4. The van der Waals surface area contributed by atoms with Gasteiger partial charge in [0.15, 0.2) is 0 Å². The summed E-state index contributed by atoms with van der Waals surface area (Å²) >= 11 is 0. The summed E-state index contributed by atoms with van der Waals surface area (Å²) in [6.07, 6.45) is 5.49. The first-order valence-corrected chi connectivity index (χ1v) is 13.1. The van der Waals surface area contributed by atoms with Crippen LogP contribution in [0.15, 0.2) is 97.7 Å². The van der Waals surface area contributed by atoms with Gasteiger partial charge in [-0.15, -0.1) is 5.73 Å². The number of likely N-dealkylation sites (N-methyl/N-ethyl adjacent to an activating group) is 1. The number of allylic oxidation sites excluding steroid dienone is 2. The molecule has 0 saturated carbocycles. The van der Waals surface area contributed by atoms with Gasteiger partial charge in [-0.1, -0.05) is 63.4 Å². The zero-order chi connectivity index (χ0) is 27.5. The Balaban J connectivity index is 0.00000195. The fourth-order valence-corrected chi connectivity index (χ4v) is 4.45. The second-order valence-electron chi connectivity index (χ2n) is 8.85. The fourth-order valence-electron chi connectivity index (χ4n) is 4.45. The normalized spacial score (nSPS) is 13.2. The molecule has 0 N–H and O–H groups in total. The summed E-state index contributed by atoms with van der Waals surface area (Å²) < 4.78 is 15.0. The lowest BCUT2D eigenvalue weighted by Gasteiger charge is -2.38. The molecule has 1 aliphatic heterocycles. The molecule has 0 bridgehead atoms. The van der Waals surface area contributed by atoms with E-state index >= 15 is 0 Å². The van der Waals surface area contributed by atoms with Crippen LogP contribution in [0.2, 0.25) is 0 Å². The summed E-state index contributed by atoms with van der Waals surface area (Å²) in [7, 11) is 1.97. The van der Waals surface area contributed by atoms with E-state index in [0.29, 0.717) is 12.1 Å². The standard InChI is InChI=1S/C30H32FN5.C2H6/c1-5-25(35-17-19-36(20-18-35)30-32-15-10-16-33-30)22-34(4)29(27-13-8-9-14-28(27)31)21-24(3)26-12-7-6-11-23(26)2;1-2/h6-16,21H,1,3,17-20,22H2,2,4H3;1-2H3/b29-21-;. The molecule has 0 radical (unpaired) electrons. The molecule has 3 aromatic rings. The van der Waals surface area contributed by atoms with Crippen LogP contribution < -0.4 is 4.90 Å². The maximum atomic E-state index is 15.0. The SMILES string of the molecule is C=C=C(CN(C)/C(=C\C(=C)c1ccccc1C)c1ccccc1F)N1CCN(c2ncccn2)CC1.CC. The van der Waals surface area contributed by atoms with E-state index in [-0.39, 0.29) is 5.82 Å². The highest BCUT2D eigenvalue weighted by Gasteiger charge is 2.22. The topological polar surface area (TPSA) is 35.5 Å². The number of aromatic nitrogens is 2. The van der Waals surface area contributed by atoms with Gasteiger partial charge in [0.1, 0.15) is 5.82 Å². The lowest BCUT2D eigenvalue weighted by Crippen LogP contribution is -2.47. The number of rotatable bonds is 8. The molecular weight excluding hydrogens is 473 g/mol. The molecule has 0 atom stereocenters. The molecule has 4 rings (SSSR count). The smallest absolute Gasteiger partial charge is 0.225 e. The minimum absolute atomic E-state index is 0.270. The predicted octanol–water partition coefficient (Wildman–Crippen LogP) is 6.43. The Bertz CT molecular complexity index is 1290. The van der Waals surface area contributed by atoms with Gasteiger partial charge in [-0.3, -0.25) is 0 Å². The number of hydrogen-bond donors (Lipinski definition) is 0. The number of piperazine rings is 1. The number of hydrogen-bond acceptors (Lipinski definition) is 5. The molecule has 5 nitrogen and oxygen atoms in total. The highest BCUT2D eigenvalue weighted by Crippen LogP contribution is 2.28. The predicted molar refractivity (Wildman–Crippen MR) is 157 cm³/mol. The van der Waals surface area contributed by atoms with Gasteiger partial charge in [0.05, 0.1) is 12.2 Å². The van der Waals surface area contributed by atoms with Crippen LogP contribution in [0, 0.1) is 12.7 Å². The minimum atomic E-state index is -0.270. The molecule has 0 aliphatic carbocycles. The van der Waals surface area contributed by atoms with Gasteiger partial charge in [-0.2, -0.15) is 0 Å². The average Bonchev–Trinajstić information content (AvgIpc) is 2.97. The van der Waals surface area contributed by atoms with Crippen molar-refractivity contribution in [3.05, 3.63) is 120 Å². The van der Waals surface area contributed by atoms with Gasteiger partial charge in [-0.05, 0) is 47.9 Å². The Morgan fingerprint density at radius 1 is 0.974 bits per heavy atom. The molecule has 0 amide bonds. The highest BCUT2D eigenvalue weighted by molar-refractivity contribution is 5.83. The molecule has 2 aromatic carbocycles. The summed E-state index contributed by atoms with van der Waals surface area (Å²) in [5, 5.41) is 0. The number of aryl methyl sites for hydroxylation is 1. The monoisotopic (exact) mass is 511 g/mol. The Morgan fingerprint density at radius 3 is 2.18 bits per heavy atom. The maximum Gasteiger partial charge on any atom is 0.225 e. The summed E-state index contributed by atoms with van der Waals surface area (Å²) in [5.41, 5.74) is 8.38. The van der Waals surface area contributed by atoms with Crippen molar-refractivity contribution < 1.29 is 4.39 Å². The third kappa shape index (κ3) is 6.99. The third-order valence-electron chi connectivity index (χ3n) is 6.45. The summed E-state index contributed by atoms with van der Waals surface area (Å²) in [6, 6.07) is 16.8. The van der Waals surface area contributed by atoms with Crippen LogP contribution in [-0.4, -0.2) is 59.5 Å². The number of nitrogens with zero attached hydrogens (tertiary/aromatic N) is 5. The minimum Gasteiger partial charge on any atom is -0.368 e. The molecule has 1 saturated heterocycles. The molecule has 38 heavy (non-hydrogen) atoms. The van der Waals surface area contributed by atoms with E-state index in [0.717, 1.165) is 60.2 Å². The van der Waals surface area contributed by atoms with Crippen LogP contribution >= 0.6 is 0 Å². The van der Waals surface area contributed by atoms with Crippen LogP contribution in [0.4, 0.5) is 10.3 Å². The van der Waals surface area contributed by atoms with E-state index in [9.17, 15) is 4.39 Å². The van der Waals surface area contributed by atoms with Crippen molar-refractivity contribution >= 4 is 17.2 Å². The molecule has 1 aliphatic rings. The fraction of sp³-hybridized carbons (Fsp3) is 0.281. The van der Waals surface area contributed by atoms with Crippen molar-refractivity contribution in [2.75, 3.05) is 44.7 Å². The summed E-state index contributed by atoms with van der Waals surface area (Å²) in [6.45, 7) is 18.1. The van der Waals surface area contributed by atoms with E-state index in [2.05, 4.69) is 51.6 Å². The van der Waals surface area contributed by atoms with Gasteiger partial charge in [0.25, 0.3) is 0 Å². The number of benzene rings is 2. The Hall–Kier alpha value is -4.15. The van der Waals surface area contributed by atoms with Crippen LogP contribution in [0.25, 0.3) is 11.3 Å². The van der Waals surface area contributed by atoms with Gasteiger partial charge in [0, 0.05) is 56.9 Å². The largest absolute Gasteiger partial charge is 0.368 e. The summed E-state index contributed by atoms with van der Waals surface area (Å²) in [5.74, 6) is 0.478. The number of halogens is 1. The highest BCUT2D eigenvalue weighted by atomic mass is 19.1. The molecule has 1 fully saturated rings. The van der Waals surface area contributed by atoms with Crippen molar-refractivity contribution in [1.82, 2.24) is 19.8 Å². The van der Waals surface area contributed by atoms with E-state index in [1.807, 2.05) is 62.2 Å². The van der Waals surface area contributed by atoms with Crippen LogP contribution in [0.1, 0.15) is 30.5 Å². The first-order chi connectivity index (χ1) is 18.5. The Labute approximate surface area is 227 Å². The van der Waals surface area contributed by atoms with Crippen LogP contribution in [0.3, 0.4) is 0 Å². The molecule has 0 unspecified atom stereocenters. The van der Waals surface area contributed by atoms with Crippen molar-refractivity contribution in [1.29, 1.82) is 0 Å². The molecule has 6 heteroatoms. The first-order valence-electron chi connectivity index (χ1n) is 13.1. The van der Waals surface area contributed by atoms with Crippen molar-refractivity contribution in [3.63, 3.8) is 0 Å². The van der Waals surface area contributed by atoms with E-state index < -0.39 is 0 Å². The zero-order valence-electron chi connectivity index (χ0n) is 23.0. The molecule has 0 spiro atoms. The second kappa shape index (κ2) is 14.0. The maximum absolute atomic E-state index is 15.0. The van der Waals surface area contributed by atoms with Gasteiger partial charge in [0.2, 0.25) is 5.95 Å². The van der Waals surface area contributed by atoms with Crippen molar-refractivity contribution in [2.24, 2.45) is 0 Å². The molecule has 198 valence electrons. The number of anilines is 1. The lowest BCUT2D eigenvalue weighted by atomic mass is 9.99. The van der Waals surface area contributed by atoms with Crippen molar-refractivity contribution in [2.45, 2.75) is 20.8 Å². The Morgan fingerprint density at radius 2 is 1.58 bits per heavy atom. The third-order valence-corrected chi connectivity index (χ3v) is 6.45. The second-order valence-corrected chi connectivity index (χ2v) is 8.85. The van der Waals surface area contributed by atoms with Gasteiger partial charge in [-0.25, -0.2) is 14.4 Å². The molecule has 2 heterocycles. The van der Waals surface area contributed by atoms with E-state index in [1.165, 1.54) is 6.07 Å². The quantitative estimate of drug-likeness (QED) is 0.257. The van der Waals surface area contributed by atoms with E-state index in [4.69, 9.17) is 0 Å². The van der Waals surface area contributed by atoms with Crippen LogP contribution in [0.5, 0.6) is 0 Å². The van der Waals surface area contributed by atoms with Gasteiger partial charge >= 0.3 is 0 Å². The molecule has 1 aromatic heterocycles. The lowest BCUT2D eigenvalue weighted by molar-refractivity contribution is 0.296. The average molecular weight is 512 g/mol. The van der Waals surface area contributed by atoms with Crippen molar-refractivity contribution in [3.8, 4) is 0 Å². The van der Waals surface area contributed by atoms with Gasteiger partial charge < -0.3 is 14.7 Å². The first kappa shape index (κ1) is 28.4. The van der Waals surface area contributed by atoms with Crippen LogP contribution in [-0.2, 0) is 0 Å². The molecular formula is C32H38FN5. The van der Waals surface area contributed by atoms with E-state index in [1.54, 1.807) is 24.5 Å².